The molecule has 0 radical (unpaired) electrons. The second kappa shape index (κ2) is 46.4. The van der Waals surface area contributed by atoms with Crippen molar-refractivity contribution < 1.29 is 100 Å². The molecule has 8 amide bonds. The third-order valence-electron chi connectivity index (χ3n) is 21.4. The van der Waals surface area contributed by atoms with E-state index in [1.165, 1.54) is 23.9 Å². The van der Waals surface area contributed by atoms with Crippen molar-refractivity contribution in [3.63, 3.8) is 0 Å². The van der Waals surface area contributed by atoms with Crippen LogP contribution in [-0.4, -0.2) is 245 Å². The monoisotopic (exact) mass is 1640 g/mol. The molecule has 6 atom stereocenters. The Hall–Kier alpha value is -9.75. The molecule has 642 valence electrons. The fourth-order valence-electron chi connectivity index (χ4n) is 14.6. The number of nitrogens with zero attached hydrogens (tertiary/aromatic N) is 7. The van der Waals surface area contributed by atoms with Gasteiger partial charge >= 0.3 is 30.3 Å². The number of primary amides is 1. The Balaban J connectivity index is 0.601. The molecule has 5 heterocycles. The number of carbonyl (C=O) groups excluding carboxylic acids is 9. The van der Waals surface area contributed by atoms with E-state index in [4.69, 9.17) is 62.8 Å². The highest BCUT2D eigenvalue weighted by atomic mass is 16.6. The molecule has 8 N–H and O–H groups in total. The van der Waals surface area contributed by atoms with Gasteiger partial charge in [0, 0.05) is 87.8 Å². The molecule has 1 saturated carbocycles. The summed E-state index contributed by atoms with van der Waals surface area (Å²) in [4.78, 5) is 137. The number of aryl methyl sites for hydroxylation is 2. The van der Waals surface area contributed by atoms with Crippen molar-refractivity contribution in [1.82, 2.24) is 55.6 Å². The third-order valence-corrected chi connectivity index (χ3v) is 21.4. The summed E-state index contributed by atoms with van der Waals surface area (Å²) in [5.74, 6) is -1.89. The number of ketones is 1. The molecule has 0 bridgehead atoms. The first kappa shape index (κ1) is 91.2. The molecule has 35 nitrogen and oxygen atoms in total. The molecule has 35 heteroatoms. The van der Waals surface area contributed by atoms with Crippen molar-refractivity contribution in [2.45, 2.75) is 156 Å². The second-order valence-electron chi connectivity index (χ2n) is 29.9. The summed E-state index contributed by atoms with van der Waals surface area (Å²) in [6.45, 7) is 15.5. The van der Waals surface area contributed by atoms with Crippen LogP contribution in [0.15, 0.2) is 53.3 Å². The predicted molar refractivity (Wildman–Crippen MR) is 427 cm³/mol. The van der Waals surface area contributed by atoms with Gasteiger partial charge in [-0.3, -0.25) is 24.0 Å². The Kier molecular flexibility index (Phi) is 36.2. The van der Waals surface area contributed by atoms with E-state index < -0.39 is 59.7 Å². The smallest absolute Gasteiger partial charge is 0.415 e. The Morgan fingerprint density at radius 1 is 0.718 bits per heavy atom. The van der Waals surface area contributed by atoms with Crippen molar-refractivity contribution >= 4 is 70.4 Å². The summed E-state index contributed by atoms with van der Waals surface area (Å²) in [7, 11) is 3.06. The number of aromatic nitrogens is 5. The number of likely N-dealkylation sites (N-methyl/N-ethyl adjacent to an activating group) is 2. The number of rotatable bonds is 51. The van der Waals surface area contributed by atoms with E-state index in [-0.39, 0.29) is 125 Å². The molecule has 3 aromatic heterocycles. The van der Waals surface area contributed by atoms with E-state index in [0.29, 0.717) is 157 Å². The largest absolute Gasteiger partial charge is 0.458 e. The minimum absolute atomic E-state index is 0.00213. The average Bonchev–Trinajstić information content (AvgIpc) is 1.38. The molecular weight excluding hydrogens is 1520 g/mol. The zero-order chi connectivity index (χ0) is 83.8. The van der Waals surface area contributed by atoms with E-state index in [2.05, 4.69) is 43.8 Å². The molecular formula is C82H117N13O22. The number of ether oxygens (including phenoxy) is 11. The number of hydrogen-bond acceptors (Lipinski definition) is 25. The molecule has 2 aromatic carbocycles. The number of carbonyl (C=O) groups is 9. The molecule has 2 aliphatic carbocycles. The number of pyridine rings is 2. The number of hydrogen-bond donors (Lipinski definition) is 7. The topological polar surface area (TPSA) is 434 Å². The zero-order valence-corrected chi connectivity index (χ0v) is 68.5. The number of esters is 1. The van der Waals surface area contributed by atoms with Gasteiger partial charge in [0.15, 0.2) is 11.4 Å². The van der Waals surface area contributed by atoms with Crippen LogP contribution < -0.4 is 42.6 Å². The first-order valence-corrected chi connectivity index (χ1v) is 40.8. The number of cyclic esters (lactones) is 1. The van der Waals surface area contributed by atoms with Crippen LogP contribution in [0.3, 0.4) is 0 Å². The Labute approximate surface area is 681 Å². The van der Waals surface area contributed by atoms with Crippen LogP contribution in [0.25, 0.3) is 22.3 Å². The molecule has 1 fully saturated rings. The van der Waals surface area contributed by atoms with Crippen LogP contribution >= 0.6 is 0 Å². The fourth-order valence-corrected chi connectivity index (χ4v) is 14.6. The minimum Gasteiger partial charge on any atom is -0.458 e. The molecule has 2 aliphatic heterocycles. The van der Waals surface area contributed by atoms with Gasteiger partial charge in [-0.15, -0.1) is 5.10 Å². The number of unbranched alkanes of at least 4 members (excludes halogenated alkanes) is 2. The SMILES string of the molecule is CCCCCNC(=O)CCOCCOCCOCCOCCNC(=O)OC[C@@H]1[C@@H]2CCc3nnn(CCOCCOCCOCC(=O)N[C@H](C(=O)C[C@@H](CCCNC(N)=O)C(=O)Nc4ccc(COC(=O)N(C)CCN(C)C(=O)Oc5ccc6nc7c(c(CC)c6c5)Cn5c-7cc6c(c5=O)COC(=O)[C@]6(O)CC)cc4)C(C)C)c3CC[C@@H]21. The maximum atomic E-state index is 13.9. The number of Topliss-reactive ketones (excluding diaryl/α,β-unsaturated/α-hetero) is 1. The Morgan fingerprint density at radius 3 is 2.05 bits per heavy atom. The first-order chi connectivity index (χ1) is 56.5. The highest BCUT2D eigenvalue weighted by molar-refractivity contribution is 5.98. The maximum absolute atomic E-state index is 13.9. The van der Waals surface area contributed by atoms with E-state index in [0.717, 1.165) is 72.8 Å². The number of amides is 8. The van der Waals surface area contributed by atoms with Crippen LogP contribution in [0.2, 0.25) is 0 Å². The van der Waals surface area contributed by atoms with Crippen LogP contribution in [0.5, 0.6) is 5.75 Å². The number of alkyl carbamates (subject to hydrolysis) is 1. The van der Waals surface area contributed by atoms with Crippen LogP contribution in [-0.2, 0) is 123 Å². The fraction of sp³-hybridized carbons (Fsp3) is 0.622. The van der Waals surface area contributed by atoms with E-state index in [1.54, 1.807) is 73.9 Å². The number of aliphatic hydroxyl groups is 1. The van der Waals surface area contributed by atoms with Gasteiger partial charge in [0.2, 0.25) is 17.7 Å². The maximum Gasteiger partial charge on any atom is 0.415 e. The Morgan fingerprint density at radius 2 is 1.38 bits per heavy atom. The molecule has 117 heavy (non-hydrogen) atoms. The molecule has 0 unspecified atom stereocenters. The number of nitrogens with one attached hydrogen (secondary N) is 5. The third kappa shape index (κ3) is 26.9. The number of nitrogens with two attached hydrogens (primary N) is 1. The van der Waals surface area contributed by atoms with Crippen molar-refractivity contribution in [2.75, 3.05) is 151 Å². The second-order valence-corrected chi connectivity index (χ2v) is 29.9. The molecule has 0 saturated heterocycles. The summed E-state index contributed by atoms with van der Waals surface area (Å²) in [6, 6.07) is 11.6. The lowest BCUT2D eigenvalue weighted by molar-refractivity contribution is -0.172. The normalized spacial score (nSPS) is 16.8. The highest BCUT2D eigenvalue weighted by Crippen LogP contribution is 2.53. The Bertz CT molecular complexity index is 4220. The van der Waals surface area contributed by atoms with Crippen molar-refractivity contribution in [1.29, 1.82) is 0 Å². The van der Waals surface area contributed by atoms with Crippen LogP contribution in [0, 0.1) is 29.6 Å². The van der Waals surface area contributed by atoms with Gasteiger partial charge in [-0.05, 0) is 129 Å². The van der Waals surface area contributed by atoms with Gasteiger partial charge in [-0.2, -0.15) is 0 Å². The lowest BCUT2D eigenvalue weighted by Crippen LogP contribution is -2.47. The summed E-state index contributed by atoms with van der Waals surface area (Å²) in [5, 5.41) is 34.7. The number of urea groups is 1. The molecule has 4 aliphatic rings. The quantitative estimate of drug-likeness (QED) is 0.0130. The van der Waals surface area contributed by atoms with Crippen molar-refractivity contribution in [3.8, 4) is 17.1 Å². The van der Waals surface area contributed by atoms with Gasteiger partial charge in [0.05, 0.1) is 145 Å². The van der Waals surface area contributed by atoms with Crippen molar-refractivity contribution in [3.05, 3.63) is 98.1 Å². The van der Waals surface area contributed by atoms with E-state index >= 15 is 0 Å². The first-order valence-electron chi connectivity index (χ1n) is 40.8. The molecule has 9 rings (SSSR count). The van der Waals surface area contributed by atoms with Crippen molar-refractivity contribution in [2.24, 2.45) is 35.3 Å². The summed E-state index contributed by atoms with van der Waals surface area (Å²) < 4.78 is 64.8. The van der Waals surface area contributed by atoms with Gasteiger partial charge < -0.3 is 104 Å². The summed E-state index contributed by atoms with van der Waals surface area (Å²) in [5.41, 5.74) is 9.83. The number of anilines is 1. The van der Waals surface area contributed by atoms with Crippen LogP contribution in [0.1, 0.15) is 138 Å². The standard InChI is InChI=1S/C82H117N13O22/c1-8-11-12-26-84-71(97)25-32-107-35-38-110-41-42-111-39-36-108-33-28-86-79(103)115-50-63-59-20-23-67-68(24-21-60(59)63)95(91-90-67)31-34-109-37-40-112-43-44-113-52-72(98)89-73(53(4)5)70(96)45-55(14-13-27-85-78(83)102)75(99)87-56-17-15-54(16-18-56)49-116-80(104)92(6)29-30-93(7)81(105)117-57-19-22-66-61(46-57)58(9-2)62-48-94-69(74(62)88-66)47-65-64(76(94)100)51-114-77(101)82(65,106)10-3/h15-19,22,46-47,53,55,59-60,63,73,106H,8-14,20-21,23-45,48-52H2,1-7H3,(H,84,97)(H,86,103)(H,87,99)(H,89,98)(H3,83,85,102)/t55-,59-,60+,63-,73+,82+/m1/s1. The molecule has 5 aromatic rings. The lowest BCUT2D eigenvalue weighted by atomic mass is 9.86. The van der Waals surface area contributed by atoms with Gasteiger partial charge in [-0.1, -0.05) is 64.8 Å². The predicted octanol–water partition coefficient (Wildman–Crippen LogP) is 6.02. The highest BCUT2D eigenvalue weighted by Gasteiger charge is 2.51. The number of fused-ring (bicyclic) bond motifs is 7. The molecule has 0 spiro atoms. The van der Waals surface area contributed by atoms with Crippen LogP contribution in [0.4, 0.5) is 24.9 Å². The zero-order valence-electron chi connectivity index (χ0n) is 68.5. The van der Waals surface area contributed by atoms with Gasteiger partial charge in [-0.25, -0.2) is 33.6 Å². The lowest BCUT2D eigenvalue weighted by Gasteiger charge is -2.31. The van der Waals surface area contributed by atoms with E-state index in [1.807, 2.05) is 11.6 Å². The van der Waals surface area contributed by atoms with E-state index in [9.17, 15) is 53.1 Å². The summed E-state index contributed by atoms with van der Waals surface area (Å²) >= 11 is 0. The van der Waals surface area contributed by atoms with Gasteiger partial charge in [0.25, 0.3) is 5.56 Å². The summed E-state index contributed by atoms with van der Waals surface area (Å²) in [6.07, 6.45) is 6.12. The minimum atomic E-state index is -1.96. The average molecular weight is 1640 g/mol. The number of benzene rings is 2. The van der Waals surface area contributed by atoms with Gasteiger partial charge in [0.1, 0.15) is 25.6 Å².